The van der Waals surface area contributed by atoms with Gasteiger partial charge >= 0.3 is 0 Å². The zero-order chi connectivity index (χ0) is 14.6. The predicted molar refractivity (Wildman–Crippen MR) is 82.6 cm³/mol. The number of sulfonamides is 1. The Morgan fingerprint density at radius 3 is 2.35 bits per heavy atom. The van der Waals surface area contributed by atoms with Crippen LogP contribution in [0.2, 0.25) is 0 Å². The molecule has 2 rings (SSSR count). The summed E-state index contributed by atoms with van der Waals surface area (Å²) in [6.45, 7) is 2.19. The summed E-state index contributed by atoms with van der Waals surface area (Å²) in [5.74, 6) is 0.292. The van der Waals surface area contributed by atoms with Gasteiger partial charge in [0.15, 0.2) is 0 Å². The molecule has 3 nitrogen and oxygen atoms in total. The highest BCUT2D eigenvalue weighted by atomic mass is 35.5. The van der Waals surface area contributed by atoms with Gasteiger partial charge in [-0.3, -0.25) is 4.31 Å². The Balaban J connectivity index is 2.47. The molecule has 106 valence electrons. The van der Waals surface area contributed by atoms with E-state index in [-0.39, 0.29) is 4.90 Å². The first-order chi connectivity index (χ1) is 9.59. The maximum Gasteiger partial charge on any atom is 0.264 e. The first-order valence-electron chi connectivity index (χ1n) is 6.32. The van der Waals surface area contributed by atoms with Crippen LogP contribution in [0.3, 0.4) is 0 Å². The molecule has 0 aromatic heterocycles. The summed E-state index contributed by atoms with van der Waals surface area (Å²) < 4.78 is 26.8. The molecule has 0 N–H and O–H groups in total. The number of hydrogen-bond acceptors (Lipinski definition) is 2. The van der Waals surface area contributed by atoms with Crippen LogP contribution in [-0.2, 0) is 15.9 Å². The highest BCUT2D eigenvalue weighted by molar-refractivity contribution is 7.92. The second-order valence-electron chi connectivity index (χ2n) is 4.29. The van der Waals surface area contributed by atoms with Crippen molar-refractivity contribution < 1.29 is 8.42 Å². The van der Waals surface area contributed by atoms with Crippen LogP contribution >= 0.6 is 11.6 Å². The first kappa shape index (κ1) is 14.9. The monoisotopic (exact) mass is 309 g/mol. The molecule has 0 saturated heterocycles. The van der Waals surface area contributed by atoms with Gasteiger partial charge in [-0.15, -0.1) is 11.6 Å². The molecular weight excluding hydrogens is 294 g/mol. The first-order valence-corrected chi connectivity index (χ1v) is 8.29. The molecule has 0 aliphatic heterocycles. The molecule has 2 aromatic carbocycles. The van der Waals surface area contributed by atoms with Crippen molar-refractivity contribution in [2.75, 3.05) is 10.8 Å². The van der Waals surface area contributed by atoms with Crippen molar-refractivity contribution in [3.8, 4) is 0 Å². The van der Waals surface area contributed by atoms with Gasteiger partial charge in [-0.25, -0.2) is 8.42 Å². The van der Waals surface area contributed by atoms with E-state index >= 15 is 0 Å². The average Bonchev–Trinajstić information content (AvgIpc) is 2.49. The SMILES string of the molecule is CCN(c1ccccc1)S(=O)(=O)c1cccc(CCl)c1. The third kappa shape index (κ3) is 2.97. The van der Waals surface area contributed by atoms with Crippen molar-refractivity contribution in [3.63, 3.8) is 0 Å². The van der Waals surface area contributed by atoms with E-state index in [1.54, 1.807) is 30.3 Å². The molecule has 0 aliphatic rings. The van der Waals surface area contributed by atoms with Crippen LogP contribution in [0.5, 0.6) is 0 Å². The Kier molecular flexibility index (Phi) is 4.68. The summed E-state index contributed by atoms with van der Waals surface area (Å²) in [6, 6.07) is 15.8. The number of alkyl halides is 1. The highest BCUT2D eigenvalue weighted by Crippen LogP contribution is 2.24. The van der Waals surface area contributed by atoms with Gasteiger partial charge < -0.3 is 0 Å². The minimum atomic E-state index is -3.56. The van der Waals surface area contributed by atoms with E-state index in [2.05, 4.69) is 0 Å². The lowest BCUT2D eigenvalue weighted by molar-refractivity contribution is 0.592. The lowest BCUT2D eigenvalue weighted by Gasteiger charge is -2.23. The Labute approximate surface area is 124 Å². The van der Waals surface area contributed by atoms with Gasteiger partial charge in [0.25, 0.3) is 10.0 Å². The molecule has 0 unspecified atom stereocenters. The van der Waals surface area contributed by atoms with Crippen LogP contribution < -0.4 is 4.31 Å². The number of nitrogens with zero attached hydrogens (tertiary/aromatic N) is 1. The van der Waals surface area contributed by atoms with Gasteiger partial charge in [-0.05, 0) is 36.8 Å². The standard InChI is InChI=1S/C15H16ClNO2S/c1-2-17(14-8-4-3-5-9-14)20(18,19)15-10-6-7-13(11-15)12-16/h3-11H,2,12H2,1H3. The largest absolute Gasteiger partial charge is 0.267 e. The number of benzene rings is 2. The van der Waals surface area contributed by atoms with Gasteiger partial charge in [0.05, 0.1) is 10.6 Å². The minimum absolute atomic E-state index is 0.265. The van der Waals surface area contributed by atoms with Crippen LogP contribution in [0, 0.1) is 0 Å². The molecule has 5 heteroatoms. The lowest BCUT2D eigenvalue weighted by atomic mass is 10.2. The van der Waals surface area contributed by atoms with Crippen molar-refractivity contribution in [2.45, 2.75) is 17.7 Å². The van der Waals surface area contributed by atoms with Crippen molar-refractivity contribution >= 4 is 27.3 Å². The lowest BCUT2D eigenvalue weighted by Crippen LogP contribution is -2.30. The van der Waals surface area contributed by atoms with Gasteiger partial charge in [0, 0.05) is 12.4 Å². The van der Waals surface area contributed by atoms with E-state index in [0.29, 0.717) is 18.1 Å². The third-order valence-corrected chi connectivity index (χ3v) is 5.18. The fraction of sp³-hybridized carbons (Fsp3) is 0.200. The second-order valence-corrected chi connectivity index (χ2v) is 6.42. The maximum atomic E-state index is 12.7. The average molecular weight is 310 g/mol. The van der Waals surface area contributed by atoms with E-state index in [1.807, 2.05) is 31.2 Å². The molecule has 20 heavy (non-hydrogen) atoms. The smallest absolute Gasteiger partial charge is 0.264 e. The summed E-state index contributed by atoms with van der Waals surface area (Å²) in [6.07, 6.45) is 0. The van der Waals surface area contributed by atoms with Crippen molar-refractivity contribution in [1.82, 2.24) is 0 Å². The zero-order valence-electron chi connectivity index (χ0n) is 11.2. The van der Waals surface area contributed by atoms with Gasteiger partial charge in [0.1, 0.15) is 0 Å². The summed E-state index contributed by atoms with van der Waals surface area (Å²) in [5.41, 5.74) is 1.45. The number of hydrogen-bond donors (Lipinski definition) is 0. The summed E-state index contributed by atoms with van der Waals surface area (Å²) >= 11 is 5.77. The highest BCUT2D eigenvalue weighted by Gasteiger charge is 2.23. The molecule has 0 heterocycles. The minimum Gasteiger partial charge on any atom is -0.267 e. The number of anilines is 1. The van der Waals surface area contributed by atoms with Crippen LogP contribution in [0.25, 0.3) is 0 Å². The summed E-state index contributed by atoms with van der Waals surface area (Å²) in [7, 11) is -3.56. The van der Waals surface area contributed by atoms with Crippen LogP contribution in [0.4, 0.5) is 5.69 Å². The normalized spacial score (nSPS) is 11.3. The van der Waals surface area contributed by atoms with Crippen molar-refractivity contribution in [1.29, 1.82) is 0 Å². The zero-order valence-corrected chi connectivity index (χ0v) is 12.7. The van der Waals surface area contributed by atoms with E-state index in [4.69, 9.17) is 11.6 Å². The molecule has 0 radical (unpaired) electrons. The van der Waals surface area contributed by atoms with Crippen molar-refractivity contribution in [2.24, 2.45) is 0 Å². The fourth-order valence-corrected chi connectivity index (χ4v) is 3.71. The predicted octanol–water partition coefficient (Wildman–Crippen LogP) is 3.64. The van der Waals surface area contributed by atoms with Gasteiger partial charge in [0.2, 0.25) is 0 Å². The molecule has 0 saturated carbocycles. The van der Waals surface area contributed by atoms with E-state index in [9.17, 15) is 8.42 Å². The Morgan fingerprint density at radius 2 is 1.75 bits per heavy atom. The molecule has 0 fully saturated rings. The van der Waals surface area contributed by atoms with Crippen molar-refractivity contribution in [3.05, 3.63) is 60.2 Å². The Morgan fingerprint density at radius 1 is 1.05 bits per heavy atom. The molecule has 0 amide bonds. The summed E-state index contributed by atoms with van der Waals surface area (Å²) in [4.78, 5) is 0.265. The number of rotatable bonds is 5. The Bertz CT molecular complexity index is 671. The fourth-order valence-electron chi connectivity index (χ4n) is 2.00. The van der Waals surface area contributed by atoms with Gasteiger partial charge in [-0.2, -0.15) is 0 Å². The quantitative estimate of drug-likeness (QED) is 0.791. The molecule has 0 aliphatic carbocycles. The summed E-state index contributed by atoms with van der Waals surface area (Å²) in [5, 5.41) is 0. The van der Waals surface area contributed by atoms with Gasteiger partial charge in [-0.1, -0.05) is 30.3 Å². The number of para-hydroxylation sites is 1. The molecule has 0 atom stereocenters. The van der Waals surface area contributed by atoms with E-state index < -0.39 is 10.0 Å². The molecular formula is C15H16ClNO2S. The van der Waals surface area contributed by atoms with Crippen LogP contribution in [-0.4, -0.2) is 15.0 Å². The Hall–Kier alpha value is -1.52. The second kappa shape index (κ2) is 6.29. The molecule has 0 spiro atoms. The topological polar surface area (TPSA) is 37.4 Å². The molecule has 2 aromatic rings. The maximum absolute atomic E-state index is 12.7. The number of halogens is 1. The molecule has 0 bridgehead atoms. The third-order valence-electron chi connectivity index (χ3n) is 2.97. The van der Waals surface area contributed by atoms with E-state index in [1.165, 1.54) is 4.31 Å². The van der Waals surface area contributed by atoms with E-state index in [0.717, 1.165) is 5.56 Å². The van der Waals surface area contributed by atoms with Crippen LogP contribution in [0.1, 0.15) is 12.5 Å². The van der Waals surface area contributed by atoms with Crippen LogP contribution in [0.15, 0.2) is 59.5 Å².